The molecule has 34 heavy (non-hydrogen) atoms. The van der Waals surface area contributed by atoms with E-state index in [1.807, 2.05) is 0 Å². The lowest BCUT2D eigenvalue weighted by Crippen LogP contribution is -2.58. The number of aliphatic hydroxyl groups excluding tert-OH is 1. The molecule has 0 bridgehead atoms. The zero-order chi connectivity index (χ0) is 25.3. The highest BCUT2D eigenvalue weighted by Gasteiger charge is 2.39. The van der Waals surface area contributed by atoms with Crippen LogP contribution in [-0.2, 0) is 25.6 Å². The van der Waals surface area contributed by atoms with Crippen LogP contribution in [0.1, 0.15) is 44.7 Å². The van der Waals surface area contributed by atoms with Crippen LogP contribution in [0.25, 0.3) is 0 Å². The molecule has 1 aliphatic rings. The van der Waals surface area contributed by atoms with E-state index in [2.05, 4.69) is 20.6 Å². The average Bonchev–Trinajstić information content (AvgIpc) is 3.47. The number of unbranched alkanes of at least 4 members (excludes halogenated alkanes) is 1. The predicted octanol–water partition coefficient (Wildman–Crippen LogP) is -2.17. The van der Waals surface area contributed by atoms with Crippen molar-refractivity contribution in [3.8, 4) is 0 Å². The van der Waals surface area contributed by atoms with Crippen molar-refractivity contribution in [3.63, 3.8) is 0 Å². The molecule has 1 aromatic rings. The number of aromatic amines is 1. The molecule has 13 nitrogen and oxygen atoms in total. The zero-order valence-electron chi connectivity index (χ0n) is 19.3. The fourth-order valence-corrected chi connectivity index (χ4v) is 3.90. The number of hydrogen-bond donors (Lipinski definition) is 7. The molecule has 0 saturated carbocycles. The largest absolute Gasteiger partial charge is 0.480 e. The summed E-state index contributed by atoms with van der Waals surface area (Å²) in [6.07, 6.45) is 4.36. The summed E-state index contributed by atoms with van der Waals surface area (Å²) >= 11 is 0. The van der Waals surface area contributed by atoms with Crippen LogP contribution in [0.15, 0.2) is 12.5 Å². The van der Waals surface area contributed by atoms with E-state index in [4.69, 9.17) is 11.5 Å². The van der Waals surface area contributed by atoms with Crippen molar-refractivity contribution in [2.45, 2.75) is 75.7 Å². The van der Waals surface area contributed by atoms with Crippen LogP contribution in [0, 0.1) is 0 Å². The summed E-state index contributed by atoms with van der Waals surface area (Å²) in [6.45, 7) is 1.97. The van der Waals surface area contributed by atoms with E-state index in [-0.39, 0.29) is 13.0 Å². The minimum absolute atomic E-state index is 0.209. The number of nitrogens with zero attached hydrogens (tertiary/aromatic N) is 2. The smallest absolute Gasteiger partial charge is 0.328 e. The molecule has 0 radical (unpaired) electrons. The zero-order valence-corrected chi connectivity index (χ0v) is 19.3. The van der Waals surface area contributed by atoms with Gasteiger partial charge in [0.15, 0.2) is 6.04 Å². The molecule has 2 rings (SSSR count). The van der Waals surface area contributed by atoms with Gasteiger partial charge in [0.1, 0.15) is 12.1 Å². The van der Waals surface area contributed by atoms with Crippen molar-refractivity contribution in [2.24, 2.45) is 11.5 Å². The molecule has 1 fully saturated rings. The van der Waals surface area contributed by atoms with Crippen LogP contribution in [0.2, 0.25) is 0 Å². The van der Waals surface area contributed by atoms with Gasteiger partial charge in [-0.15, -0.1) is 0 Å². The van der Waals surface area contributed by atoms with Crippen molar-refractivity contribution in [1.29, 1.82) is 0 Å². The fourth-order valence-electron chi connectivity index (χ4n) is 3.90. The number of nitrogens with two attached hydrogens (primary N) is 2. The maximum Gasteiger partial charge on any atom is 0.328 e. The Balaban J connectivity index is 2.09. The first kappa shape index (κ1) is 27.2. The Labute approximate surface area is 197 Å². The van der Waals surface area contributed by atoms with Crippen LogP contribution >= 0.6 is 0 Å². The second-order valence-electron chi connectivity index (χ2n) is 8.49. The number of hydrogen-bond acceptors (Lipinski definition) is 8. The van der Waals surface area contributed by atoms with Gasteiger partial charge in [-0.2, -0.15) is 0 Å². The molecule has 9 N–H and O–H groups in total. The highest BCUT2D eigenvalue weighted by molar-refractivity contribution is 5.94. The normalized spacial score (nSPS) is 19.2. The van der Waals surface area contributed by atoms with E-state index in [1.165, 1.54) is 18.2 Å². The number of imidazole rings is 1. The topological polar surface area (TPSA) is 217 Å². The molecule has 2 heterocycles. The lowest BCUT2D eigenvalue weighted by atomic mass is 10.1. The van der Waals surface area contributed by atoms with Crippen molar-refractivity contribution in [3.05, 3.63) is 18.2 Å². The molecule has 190 valence electrons. The predicted molar refractivity (Wildman–Crippen MR) is 121 cm³/mol. The van der Waals surface area contributed by atoms with Crippen LogP contribution in [0.4, 0.5) is 0 Å². The van der Waals surface area contributed by atoms with Gasteiger partial charge in [0.05, 0.1) is 18.5 Å². The Morgan fingerprint density at radius 2 is 2.03 bits per heavy atom. The van der Waals surface area contributed by atoms with Gasteiger partial charge in [-0.3, -0.25) is 14.4 Å². The second-order valence-corrected chi connectivity index (χ2v) is 8.49. The van der Waals surface area contributed by atoms with Crippen LogP contribution in [0.5, 0.6) is 0 Å². The van der Waals surface area contributed by atoms with Gasteiger partial charge in [0.2, 0.25) is 17.7 Å². The number of carboxylic acids is 1. The van der Waals surface area contributed by atoms with Gasteiger partial charge in [-0.25, -0.2) is 9.78 Å². The number of rotatable bonds is 13. The number of carbonyl (C=O) groups excluding carboxylic acids is 3. The summed E-state index contributed by atoms with van der Waals surface area (Å²) in [4.78, 5) is 58.3. The number of aromatic nitrogens is 2. The number of likely N-dealkylation sites (tertiary alicyclic amines) is 1. The molecular weight excluding hydrogens is 446 g/mol. The van der Waals surface area contributed by atoms with Crippen molar-refractivity contribution >= 4 is 23.7 Å². The van der Waals surface area contributed by atoms with E-state index < -0.39 is 54.0 Å². The maximum absolute atomic E-state index is 13.4. The minimum Gasteiger partial charge on any atom is -0.480 e. The molecular formula is C21H35N7O6. The summed E-state index contributed by atoms with van der Waals surface area (Å²) in [5.74, 6) is -3.00. The average molecular weight is 482 g/mol. The molecule has 0 aliphatic carbocycles. The Morgan fingerprint density at radius 3 is 2.62 bits per heavy atom. The second kappa shape index (κ2) is 13.0. The number of carboxylic acid groups (broad SMARTS) is 1. The molecule has 0 aromatic carbocycles. The molecule has 1 aromatic heterocycles. The van der Waals surface area contributed by atoms with Gasteiger partial charge >= 0.3 is 5.97 Å². The fraction of sp³-hybridized carbons (Fsp3) is 0.667. The summed E-state index contributed by atoms with van der Waals surface area (Å²) in [5, 5.41) is 23.9. The number of aliphatic carboxylic acids is 1. The summed E-state index contributed by atoms with van der Waals surface area (Å²) in [5.41, 5.74) is 12.2. The summed E-state index contributed by atoms with van der Waals surface area (Å²) in [6, 6.07) is -4.22. The first-order valence-corrected chi connectivity index (χ1v) is 11.4. The Kier molecular flexibility index (Phi) is 10.4. The van der Waals surface area contributed by atoms with Crippen molar-refractivity contribution in [2.75, 3.05) is 13.1 Å². The van der Waals surface area contributed by atoms with Gasteiger partial charge in [0, 0.05) is 24.9 Å². The third kappa shape index (κ3) is 7.50. The Morgan fingerprint density at radius 1 is 1.29 bits per heavy atom. The van der Waals surface area contributed by atoms with Gasteiger partial charge in [0.25, 0.3) is 0 Å². The standard InChI is InChI=1S/C21H35N7O6/c1-12(29)17(21(33)34)27-19(31)16-6-4-8-28(16)20(32)15(5-2-3-7-22)26-18(30)14(23)9-13-10-24-11-25-13/h10-12,14-17,29H,2-9,22-23H2,1H3,(H,24,25)(H,26,30)(H,27,31)(H,33,34). The Bertz CT molecular complexity index is 832. The number of carbonyl (C=O) groups is 4. The first-order chi connectivity index (χ1) is 16.1. The molecule has 5 unspecified atom stereocenters. The molecule has 1 aliphatic heterocycles. The monoisotopic (exact) mass is 481 g/mol. The van der Waals surface area contributed by atoms with E-state index in [9.17, 15) is 29.4 Å². The van der Waals surface area contributed by atoms with Crippen LogP contribution in [-0.4, -0.2) is 92.1 Å². The Hall–Kier alpha value is -3.03. The lowest BCUT2D eigenvalue weighted by Gasteiger charge is -2.30. The number of H-pyrrole nitrogens is 1. The van der Waals surface area contributed by atoms with E-state index in [0.717, 1.165) is 0 Å². The van der Waals surface area contributed by atoms with E-state index >= 15 is 0 Å². The third-order valence-corrected chi connectivity index (χ3v) is 5.78. The van der Waals surface area contributed by atoms with Gasteiger partial charge < -0.3 is 42.2 Å². The van der Waals surface area contributed by atoms with Crippen LogP contribution < -0.4 is 22.1 Å². The molecule has 13 heteroatoms. The molecule has 0 spiro atoms. The lowest BCUT2D eigenvalue weighted by molar-refractivity contribution is -0.147. The van der Waals surface area contributed by atoms with Crippen molar-refractivity contribution < 1.29 is 29.4 Å². The summed E-state index contributed by atoms with van der Waals surface area (Å²) in [7, 11) is 0. The number of amides is 3. The highest BCUT2D eigenvalue weighted by atomic mass is 16.4. The molecule has 1 saturated heterocycles. The first-order valence-electron chi connectivity index (χ1n) is 11.4. The maximum atomic E-state index is 13.4. The van der Waals surface area contributed by atoms with E-state index in [1.54, 1.807) is 6.20 Å². The molecule has 3 amide bonds. The van der Waals surface area contributed by atoms with Gasteiger partial charge in [-0.1, -0.05) is 0 Å². The number of nitrogens with one attached hydrogen (secondary N) is 3. The van der Waals surface area contributed by atoms with Crippen LogP contribution in [0.3, 0.4) is 0 Å². The third-order valence-electron chi connectivity index (χ3n) is 5.78. The van der Waals surface area contributed by atoms with E-state index in [0.29, 0.717) is 44.3 Å². The molecule has 5 atom stereocenters. The van der Waals surface area contributed by atoms with Gasteiger partial charge in [-0.05, 0) is 45.6 Å². The minimum atomic E-state index is -1.49. The SMILES string of the molecule is CC(O)C(NC(=O)C1CCCN1C(=O)C(CCCCN)NC(=O)C(N)Cc1cnc[nH]1)C(=O)O. The number of aliphatic hydroxyl groups is 1. The quantitative estimate of drug-likeness (QED) is 0.152. The summed E-state index contributed by atoms with van der Waals surface area (Å²) < 4.78 is 0. The van der Waals surface area contributed by atoms with Crippen molar-refractivity contribution in [1.82, 2.24) is 25.5 Å². The highest BCUT2D eigenvalue weighted by Crippen LogP contribution is 2.20.